The van der Waals surface area contributed by atoms with Gasteiger partial charge in [-0.1, -0.05) is 35.9 Å². The maximum Gasteiger partial charge on any atom is 0.264 e. The van der Waals surface area contributed by atoms with Crippen LogP contribution >= 0.6 is 22.9 Å². The molecule has 0 spiro atoms. The van der Waals surface area contributed by atoms with E-state index in [-0.39, 0.29) is 5.91 Å². The normalized spacial score (nSPS) is 15.0. The van der Waals surface area contributed by atoms with Crippen LogP contribution in [0.4, 0.5) is 0 Å². The summed E-state index contributed by atoms with van der Waals surface area (Å²) in [7, 11) is 0. The van der Waals surface area contributed by atoms with E-state index in [9.17, 15) is 4.79 Å². The van der Waals surface area contributed by atoms with Crippen molar-refractivity contribution in [2.45, 2.75) is 6.54 Å². The van der Waals surface area contributed by atoms with E-state index in [0.717, 1.165) is 65.2 Å². The molecule has 30 heavy (non-hydrogen) atoms. The molecule has 1 aliphatic rings. The topological polar surface area (TPSA) is 40.9 Å². The molecule has 1 saturated heterocycles. The standard InChI is InChI=1S/C23H21ClN4OS/c24-18-8-6-17(7-9-18)22-19(28-10-2-1-5-21(28)25-22)16-26-11-13-27(14-12-26)23(29)20-4-3-15-30-20/h1-10,15H,11-14,16H2. The van der Waals surface area contributed by atoms with Crippen LogP contribution in [0.25, 0.3) is 16.9 Å². The van der Waals surface area contributed by atoms with Gasteiger partial charge >= 0.3 is 0 Å². The van der Waals surface area contributed by atoms with Crippen LogP contribution in [0.1, 0.15) is 15.4 Å². The molecule has 1 aliphatic heterocycles. The van der Waals surface area contributed by atoms with Gasteiger partial charge in [0.15, 0.2) is 0 Å². The molecular weight excluding hydrogens is 416 g/mol. The highest BCUT2D eigenvalue weighted by atomic mass is 35.5. The van der Waals surface area contributed by atoms with E-state index >= 15 is 0 Å². The van der Waals surface area contributed by atoms with Gasteiger partial charge in [-0.2, -0.15) is 0 Å². The maximum absolute atomic E-state index is 12.6. The molecule has 0 radical (unpaired) electrons. The minimum absolute atomic E-state index is 0.140. The first-order valence-corrected chi connectivity index (χ1v) is 11.2. The lowest BCUT2D eigenvalue weighted by Crippen LogP contribution is -2.48. The maximum atomic E-state index is 12.6. The third-order valence-electron chi connectivity index (χ3n) is 5.51. The highest BCUT2D eigenvalue weighted by molar-refractivity contribution is 7.12. The number of thiophene rings is 1. The number of pyridine rings is 1. The first-order valence-electron chi connectivity index (χ1n) is 9.96. The fourth-order valence-corrected chi connectivity index (χ4v) is 4.73. The molecule has 152 valence electrons. The van der Waals surface area contributed by atoms with Crippen molar-refractivity contribution in [1.82, 2.24) is 19.2 Å². The molecule has 1 fully saturated rings. The van der Waals surface area contributed by atoms with Crippen molar-refractivity contribution in [2.75, 3.05) is 26.2 Å². The number of amides is 1. The van der Waals surface area contributed by atoms with Crippen LogP contribution < -0.4 is 0 Å². The highest BCUT2D eigenvalue weighted by Crippen LogP contribution is 2.27. The van der Waals surface area contributed by atoms with Gasteiger partial charge in [-0.15, -0.1) is 11.3 Å². The van der Waals surface area contributed by atoms with Gasteiger partial charge in [-0.3, -0.25) is 9.69 Å². The van der Waals surface area contributed by atoms with Crippen LogP contribution in [0.3, 0.4) is 0 Å². The Labute approximate surface area is 184 Å². The molecule has 5 rings (SSSR count). The molecule has 7 heteroatoms. The molecule has 1 amide bonds. The van der Waals surface area contributed by atoms with Gasteiger partial charge < -0.3 is 9.30 Å². The Bertz CT molecular complexity index is 1160. The van der Waals surface area contributed by atoms with E-state index in [1.54, 1.807) is 0 Å². The van der Waals surface area contributed by atoms with Crippen LogP contribution in [0.5, 0.6) is 0 Å². The van der Waals surface area contributed by atoms with E-state index in [4.69, 9.17) is 16.6 Å². The molecule has 4 aromatic rings. The lowest BCUT2D eigenvalue weighted by atomic mass is 10.1. The zero-order valence-electron chi connectivity index (χ0n) is 16.4. The number of benzene rings is 1. The number of carbonyl (C=O) groups is 1. The molecule has 0 N–H and O–H groups in total. The lowest BCUT2D eigenvalue weighted by molar-refractivity contribution is 0.0631. The van der Waals surface area contributed by atoms with E-state index < -0.39 is 0 Å². The van der Waals surface area contributed by atoms with Crippen LogP contribution in [0.2, 0.25) is 5.02 Å². The summed E-state index contributed by atoms with van der Waals surface area (Å²) in [4.78, 5) is 22.7. The highest BCUT2D eigenvalue weighted by Gasteiger charge is 2.24. The fourth-order valence-electron chi connectivity index (χ4n) is 3.91. The molecule has 3 aromatic heterocycles. The van der Waals surface area contributed by atoms with Crippen molar-refractivity contribution in [1.29, 1.82) is 0 Å². The molecule has 1 aromatic carbocycles. The minimum Gasteiger partial charge on any atom is -0.335 e. The number of piperazine rings is 1. The molecule has 0 unspecified atom stereocenters. The molecule has 0 saturated carbocycles. The monoisotopic (exact) mass is 436 g/mol. The quantitative estimate of drug-likeness (QED) is 0.466. The largest absolute Gasteiger partial charge is 0.335 e. The second kappa shape index (κ2) is 8.22. The number of halogens is 1. The van der Waals surface area contributed by atoms with Gasteiger partial charge in [0.25, 0.3) is 5.91 Å². The van der Waals surface area contributed by atoms with Crippen molar-refractivity contribution in [2.24, 2.45) is 0 Å². The average molecular weight is 437 g/mol. The third kappa shape index (κ3) is 3.74. The van der Waals surface area contributed by atoms with E-state index in [1.807, 2.05) is 64.9 Å². The summed E-state index contributed by atoms with van der Waals surface area (Å²) < 4.78 is 2.16. The Hall–Kier alpha value is -2.67. The molecule has 0 aliphatic carbocycles. The summed E-state index contributed by atoms with van der Waals surface area (Å²) in [5.41, 5.74) is 4.13. The van der Waals surface area contributed by atoms with Gasteiger partial charge in [0.1, 0.15) is 5.65 Å². The Morgan fingerprint density at radius 2 is 1.80 bits per heavy atom. The minimum atomic E-state index is 0.140. The molecule has 4 heterocycles. The van der Waals surface area contributed by atoms with E-state index in [1.165, 1.54) is 11.3 Å². The number of hydrogen-bond acceptors (Lipinski definition) is 4. The Kier molecular flexibility index (Phi) is 5.29. The summed E-state index contributed by atoms with van der Waals surface area (Å²) in [6.45, 7) is 3.95. The number of fused-ring (bicyclic) bond motifs is 1. The Balaban J connectivity index is 1.37. The van der Waals surface area contributed by atoms with Crippen LogP contribution in [0, 0.1) is 0 Å². The van der Waals surface area contributed by atoms with Crippen molar-refractivity contribution >= 4 is 34.5 Å². The van der Waals surface area contributed by atoms with Crippen LogP contribution in [-0.2, 0) is 6.54 Å². The van der Waals surface area contributed by atoms with Crippen LogP contribution in [-0.4, -0.2) is 51.3 Å². The van der Waals surface area contributed by atoms with Crippen molar-refractivity contribution in [3.63, 3.8) is 0 Å². The van der Waals surface area contributed by atoms with E-state index in [0.29, 0.717) is 0 Å². The fraction of sp³-hybridized carbons (Fsp3) is 0.217. The zero-order valence-corrected chi connectivity index (χ0v) is 17.9. The summed E-state index contributed by atoms with van der Waals surface area (Å²) in [5.74, 6) is 0.140. The summed E-state index contributed by atoms with van der Waals surface area (Å²) in [6.07, 6.45) is 2.06. The Morgan fingerprint density at radius 3 is 2.53 bits per heavy atom. The number of aromatic nitrogens is 2. The zero-order chi connectivity index (χ0) is 20.5. The first-order chi connectivity index (χ1) is 14.7. The second-order valence-electron chi connectivity index (χ2n) is 7.39. The summed E-state index contributed by atoms with van der Waals surface area (Å²) in [6, 6.07) is 17.7. The Morgan fingerprint density at radius 1 is 1.00 bits per heavy atom. The average Bonchev–Trinajstić information content (AvgIpc) is 3.43. The van der Waals surface area contributed by atoms with Gasteiger partial charge in [0.2, 0.25) is 0 Å². The number of nitrogens with zero attached hydrogens (tertiary/aromatic N) is 4. The predicted octanol–water partition coefficient (Wildman–Crippen LogP) is 4.67. The van der Waals surface area contributed by atoms with Gasteiger partial charge in [-0.05, 0) is 35.7 Å². The number of hydrogen-bond donors (Lipinski definition) is 0. The van der Waals surface area contributed by atoms with E-state index in [2.05, 4.69) is 15.5 Å². The molecule has 0 atom stereocenters. The number of carbonyl (C=O) groups excluding carboxylic acids is 1. The summed E-state index contributed by atoms with van der Waals surface area (Å²) in [5, 5.41) is 2.67. The molecular formula is C23H21ClN4OS. The smallest absolute Gasteiger partial charge is 0.264 e. The van der Waals surface area contributed by atoms with Gasteiger partial charge in [0.05, 0.1) is 16.3 Å². The number of imidazole rings is 1. The SMILES string of the molecule is O=C(c1cccs1)N1CCN(Cc2c(-c3ccc(Cl)cc3)nc3ccccn23)CC1. The molecule has 5 nitrogen and oxygen atoms in total. The number of rotatable bonds is 4. The summed E-state index contributed by atoms with van der Waals surface area (Å²) >= 11 is 7.59. The van der Waals surface area contributed by atoms with Gasteiger partial charge in [0, 0.05) is 49.5 Å². The van der Waals surface area contributed by atoms with Crippen molar-refractivity contribution in [3.05, 3.63) is 81.8 Å². The second-order valence-corrected chi connectivity index (χ2v) is 8.77. The van der Waals surface area contributed by atoms with Crippen molar-refractivity contribution in [3.8, 4) is 11.3 Å². The van der Waals surface area contributed by atoms with Gasteiger partial charge in [-0.25, -0.2) is 4.98 Å². The van der Waals surface area contributed by atoms with Crippen LogP contribution in [0.15, 0.2) is 66.2 Å². The lowest BCUT2D eigenvalue weighted by Gasteiger charge is -2.34. The third-order valence-corrected chi connectivity index (χ3v) is 6.62. The van der Waals surface area contributed by atoms with Crippen molar-refractivity contribution < 1.29 is 4.79 Å². The predicted molar refractivity (Wildman–Crippen MR) is 121 cm³/mol. The first kappa shape index (κ1) is 19.3. The molecule has 0 bridgehead atoms.